The van der Waals surface area contributed by atoms with E-state index in [9.17, 15) is 5.11 Å². The number of nitrogens with one attached hydrogen (secondary N) is 1. The van der Waals surface area contributed by atoms with Crippen LogP contribution in [0.15, 0.2) is 39.3 Å². The average Bonchev–Trinajstić information content (AvgIpc) is 2.37. The molecule has 0 aliphatic carbocycles. The molecule has 2 N–H and O–H groups in total. The number of anilines is 1. The predicted molar refractivity (Wildman–Crippen MR) is 87.0 cm³/mol. The van der Waals surface area contributed by atoms with Crippen LogP contribution in [-0.4, -0.2) is 5.11 Å². The van der Waals surface area contributed by atoms with Crippen LogP contribution < -0.4 is 5.32 Å². The molecule has 5 heteroatoms. The summed E-state index contributed by atoms with van der Waals surface area (Å²) in [4.78, 5) is 0. The zero-order chi connectivity index (χ0) is 14.0. The standard InChI is InChI=1S/C14H12Br2ClNO/c1-8-5-11(16)13(6-12(8)17)18-7-9-3-2-4-10(15)14(9)19/h2-6,18-19H,7H2,1H3. The van der Waals surface area contributed by atoms with Gasteiger partial charge in [-0.05, 0) is 62.5 Å². The van der Waals surface area contributed by atoms with Gasteiger partial charge in [0.1, 0.15) is 5.75 Å². The lowest BCUT2D eigenvalue weighted by molar-refractivity contribution is 0.465. The van der Waals surface area contributed by atoms with E-state index in [1.54, 1.807) is 6.07 Å². The average molecular weight is 406 g/mol. The maximum absolute atomic E-state index is 9.92. The van der Waals surface area contributed by atoms with Crippen molar-refractivity contribution in [3.8, 4) is 5.75 Å². The SMILES string of the molecule is Cc1cc(Br)c(NCc2cccc(Br)c2O)cc1Cl. The molecule has 2 nitrogen and oxygen atoms in total. The number of hydrogen-bond donors (Lipinski definition) is 2. The van der Waals surface area contributed by atoms with Gasteiger partial charge in [-0.25, -0.2) is 0 Å². The van der Waals surface area contributed by atoms with Crippen LogP contribution in [0.4, 0.5) is 5.69 Å². The fourth-order valence-corrected chi connectivity index (χ4v) is 2.84. The summed E-state index contributed by atoms with van der Waals surface area (Å²) >= 11 is 12.9. The Morgan fingerprint density at radius 1 is 1.21 bits per heavy atom. The second-order valence-corrected chi connectivity index (χ2v) is 6.30. The molecule has 0 aliphatic heterocycles. The summed E-state index contributed by atoms with van der Waals surface area (Å²) in [5.41, 5.74) is 2.73. The molecule has 0 unspecified atom stereocenters. The summed E-state index contributed by atoms with van der Waals surface area (Å²) in [5.74, 6) is 0.254. The molecule has 2 aromatic carbocycles. The van der Waals surface area contributed by atoms with Crippen molar-refractivity contribution in [2.45, 2.75) is 13.5 Å². The molecule has 0 atom stereocenters. The third kappa shape index (κ3) is 3.44. The van der Waals surface area contributed by atoms with Crippen LogP contribution in [0.3, 0.4) is 0 Å². The van der Waals surface area contributed by atoms with Crippen molar-refractivity contribution in [2.24, 2.45) is 0 Å². The van der Waals surface area contributed by atoms with E-state index in [4.69, 9.17) is 11.6 Å². The van der Waals surface area contributed by atoms with E-state index in [1.165, 1.54) is 0 Å². The first kappa shape index (κ1) is 14.7. The summed E-state index contributed by atoms with van der Waals surface area (Å²) in [6, 6.07) is 9.40. The van der Waals surface area contributed by atoms with Crippen molar-refractivity contribution in [3.63, 3.8) is 0 Å². The van der Waals surface area contributed by atoms with Gasteiger partial charge in [0.15, 0.2) is 0 Å². The first-order valence-corrected chi connectivity index (χ1v) is 7.61. The molecule has 0 saturated heterocycles. The number of benzene rings is 2. The zero-order valence-electron chi connectivity index (χ0n) is 10.2. The van der Waals surface area contributed by atoms with Gasteiger partial charge in [0.25, 0.3) is 0 Å². The fraction of sp³-hybridized carbons (Fsp3) is 0.143. The normalized spacial score (nSPS) is 10.5. The van der Waals surface area contributed by atoms with E-state index in [2.05, 4.69) is 37.2 Å². The number of hydrogen-bond acceptors (Lipinski definition) is 2. The summed E-state index contributed by atoms with van der Waals surface area (Å²) < 4.78 is 1.64. The largest absolute Gasteiger partial charge is 0.506 e. The molecule has 100 valence electrons. The van der Waals surface area contributed by atoms with Crippen LogP contribution in [0.25, 0.3) is 0 Å². The number of rotatable bonds is 3. The van der Waals surface area contributed by atoms with E-state index < -0.39 is 0 Å². The summed E-state index contributed by atoms with van der Waals surface area (Å²) in [7, 11) is 0. The first-order valence-electron chi connectivity index (χ1n) is 5.65. The highest BCUT2D eigenvalue weighted by molar-refractivity contribution is 9.11. The Balaban J connectivity index is 2.19. The quantitative estimate of drug-likeness (QED) is 0.708. The van der Waals surface area contributed by atoms with E-state index in [0.717, 1.165) is 21.3 Å². The lowest BCUT2D eigenvalue weighted by Gasteiger charge is -2.12. The highest BCUT2D eigenvalue weighted by Gasteiger charge is 2.07. The minimum atomic E-state index is 0.254. The zero-order valence-corrected chi connectivity index (χ0v) is 14.1. The maximum atomic E-state index is 9.92. The Morgan fingerprint density at radius 2 is 1.95 bits per heavy atom. The van der Waals surface area contributed by atoms with Gasteiger partial charge in [-0.2, -0.15) is 0 Å². The van der Waals surface area contributed by atoms with Crippen LogP contribution >= 0.6 is 43.5 Å². The lowest BCUT2D eigenvalue weighted by Crippen LogP contribution is -2.01. The number of phenols is 1. The maximum Gasteiger partial charge on any atom is 0.134 e. The molecule has 0 bridgehead atoms. The molecule has 0 amide bonds. The van der Waals surface area contributed by atoms with Gasteiger partial charge in [-0.3, -0.25) is 0 Å². The van der Waals surface area contributed by atoms with E-state index in [-0.39, 0.29) is 5.75 Å². The third-order valence-electron chi connectivity index (χ3n) is 2.79. The summed E-state index contributed by atoms with van der Waals surface area (Å²) in [6.45, 7) is 2.47. The Bertz CT molecular complexity index is 617. The minimum absolute atomic E-state index is 0.254. The van der Waals surface area contributed by atoms with E-state index in [0.29, 0.717) is 16.0 Å². The van der Waals surface area contributed by atoms with Gasteiger partial charge in [0, 0.05) is 21.6 Å². The number of phenolic OH excluding ortho intramolecular Hbond substituents is 1. The van der Waals surface area contributed by atoms with Gasteiger partial charge in [-0.15, -0.1) is 0 Å². The Labute approximate surface area is 134 Å². The Morgan fingerprint density at radius 3 is 2.68 bits per heavy atom. The lowest BCUT2D eigenvalue weighted by atomic mass is 10.2. The molecule has 0 heterocycles. The molecule has 0 aliphatic rings. The molecule has 19 heavy (non-hydrogen) atoms. The van der Waals surface area contributed by atoms with Gasteiger partial charge < -0.3 is 10.4 Å². The number of para-hydroxylation sites is 1. The molecule has 0 radical (unpaired) electrons. The number of aryl methyl sites for hydroxylation is 1. The van der Waals surface area contributed by atoms with Gasteiger partial charge in [0.2, 0.25) is 0 Å². The van der Waals surface area contributed by atoms with Crippen molar-refractivity contribution in [1.82, 2.24) is 0 Å². The molecule has 0 fully saturated rings. The van der Waals surface area contributed by atoms with Crippen LogP contribution in [0.2, 0.25) is 5.02 Å². The molecular formula is C14H12Br2ClNO. The van der Waals surface area contributed by atoms with Gasteiger partial charge >= 0.3 is 0 Å². The highest BCUT2D eigenvalue weighted by Crippen LogP contribution is 2.31. The molecule has 0 saturated carbocycles. The van der Waals surface area contributed by atoms with E-state index in [1.807, 2.05) is 31.2 Å². The molecule has 0 aromatic heterocycles. The molecule has 2 aromatic rings. The van der Waals surface area contributed by atoms with E-state index >= 15 is 0 Å². The van der Waals surface area contributed by atoms with Crippen molar-refractivity contribution >= 4 is 49.1 Å². The van der Waals surface area contributed by atoms with Crippen LogP contribution in [0.5, 0.6) is 5.75 Å². The molecular weight excluding hydrogens is 393 g/mol. The fourth-order valence-electron chi connectivity index (χ4n) is 1.67. The third-order valence-corrected chi connectivity index (χ3v) is 4.49. The Kier molecular flexibility index (Phi) is 4.76. The van der Waals surface area contributed by atoms with Crippen molar-refractivity contribution in [2.75, 3.05) is 5.32 Å². The topological polar surface area (TPSA) is 32.3 Å². The first-order chi connectivity index (χ1) is 8.99. The number of halogens is 3. The minimum Gasteiger partial charge on any atom is -0.506 e. The van der Waals surface area contributed by atoms with Crippen molar-refractivity contribution in [1.29, 1.82) is 0 Å². The van der Waals surface area contributed by atoms with Crippen molar-refractivity contribution in [3.05, 3.63) is 55.4 Å². The van der Waals surface area contributed by atoms with Crippen LogP contribution in [0.1, 0.15) is 11.1 Å². The van der Waals surface area contributed by atoms with Crippen LogP contribution in [-0.2, 0) is 6.54 Å². The predicted octanol–water partition coefficient (Wildman–Crippen LogP) is 5.49. The molecule has 0 spiro atoms. The highest BCUT2D eigenvalue weighted by atomic mass is 79.9. The van der Waals surface area contributed by atoms with Gasteiger partial charge in [0.05, 0.1) is 10.2 Å². The summed E-state index contributed by atoms with van der Waals surface area (Å²) in [6.07, 6.45) is 0. The van der Waals surface area contributed by atoms with Gasteiger partial charge in [-0.1, -0.05) is 23.7 Å². The Hall–Kier alpha value is -0.710. The second kappa shape index (κ2) is 6.16. The second-order valence-electron chi connectivity index (χ2n) is 4.18. The van der Waals surface area contributed by atoms with Crippen LogP contribution in [0, 0.1) is 6.92 Å². The number of aromatic hydroxyl groups is 1. The summed E-state index contributed by atoms with van der Waals surface area (Å²) in [5, 5.41) is 13.9. The molecule has 2 rings (SSSR count). The monoisotopic (exact) mass is 403 g/mol. The smallest absolute Gasteiger partial charge is 0.134 e. The van der Waals surface area contributed by atoms with Crippen molar-refractivity contribution < 1.29 is 5.11 Å².